The number of esters is 2. The summed E-state index contributed by atoms with van der Waals surface area (Å²) in [5.74, 6) is -1.83. The lowest BCUT2D eigenvalue weighted by molar-refractivity contribution is 0.0525. The summed E-state index contributed by atoms with van der Waals surface area (Å²) in [4.78, 5) is 36.7. The number of carbonyl (C=O) groups excluding carboxylic acids is 3. The third-order valence-corrected chi connectivity index (χ3v) is 4.89. The molecule has 0 unspecified atom stereocenters. The predicted molar refractivity (Wildman–Crippen MR) is 106 cm³/mol. The molecule has 0 saturated heterocycles. The topological polar surface area (TPSA) is 116 Å². The SMILES string of the molecule is CCOC(=O)c1cc(NC(=O)c2ccc(S(C)(=O)=O)cc2)cc(C(=O)OCC)c1. The van der Waals surface area contributed by atoms with Gasteiger partial charge in [0.25, 0.3) is 5.91 Å². The van der Waals surface area contributed by atoms with E-state index >= 15 is 0 Å². The van der Waals surface area contributed by atoms with E-state index in [1.165, 1.54) is 42.5 Å². The Balaban J connectivity index is 2.33. The van der Waals surface area contributed by atoms with E-state index in [0.29, 0.717) is 0 Å². The number of anilines is 1. The van der Waals surface area contributed by atoms with E-state index in [1.54, 1.807) is 13.8 Å². The van der Waals surface area contributed by atoms with Crippen molar-refractivity contribution in [3.63, 3.8) is 0 Å². The first-order valence-corrected chi connectivity index (χ1v) is 10.7. The molecule has 0 aliphatic heterocycles. The summed E-state index contributed by atoms with van der Waals surface area (Å²) in [7, 11) is -3.38. The van der Waals surface area contributed by atoms with E-state index in [-0.39, 0.29) is 40.5 Å². The highest BCUT2D eigenvalue weighted by Crippen LogP contribution is 2.19. The highest BCUT2D eigenvalue weighted by Gasteiger charge is 2.17. The maximum Gasteiger partial charge on any atom is 0.338 e. The minimum Gasteiger partial charge on any atom is -0.462 e. The van der Waals surface area contributed by atoms with Crippen LogP contribution in [-0.2, 0) is 19.3 Å². The molecule has 2 aromatic rings. The summed E-state index contributed by atoms with van der Waals surface area (Å²) in [5, 5.41) is 2.59. The van der Waals surface area contributed by atoms with Gasteiger partial charge in [0, 0.05) is 17.5 Å². The molecule has 0 spiro atoms. The molecule has 8 nitrogen and oxygen atoms in total. The smallest absolute Gasteiger partial charge is 0.338 e. The molecule has 1 N–H and O–H groups in total. The molecule has 29 heavy (non-hydrogen) atoms. The third-order valence-electron chi connectivity index (χ3n) is 3.76. The van der Waals surface area contributed by atoms with Crippen molar-refractivity contribution in [3.8, 4) is 0 Å². The Labute approximate surface area is 168 Å². The van der Waals surface area contributed by atoms with Crippen LogP contribution in [0.15, 0.2) is 47.4 Å². The van der Waals surface area contributed by atoms with Gasteiger partial charge in [0.05, 0.1) is 29.2 Å². The number of nitrogens with one attached hydrogen (secondary N) is 1. The van der Waals surface area contributed by atoms with E-state index in [0.717, 1.165) is 6.26 Å². The van der Waals surface area contributed by atoms with Crippen molar-refractivity contribution < 1.29 is 32.3 Å². The molecule has 2 rings (SSSR count). The van der Waals surface area contributed by atoms with Crippen LogP contribution in [0.2, 0.25) is 0 Å². The lowest BCUT2D eigenvalue weighted by Gasteiger charge is -2.11. The second kappa shape index (κ2) is 9.33. The van der Waals surface area contributed by atoms with Crippen LogP contribution in [0.25, 0.3) is 0 Å². The summed E-state index contributed by atoms with van der Waals surface area (Å²) in [5.41, 5.74) is 0.563. The number of amides is 1. The average molecular weight is 419 g/mol. The van der Waals surface area contributed by atoms with Crippen LogP contribution in [0.1, 0.15) is 44.9 Å². The number of hydrogen-bond acceptors (Lipinski definition) is 7. The third kappa shape index (κ3) is 5.89. The molecule has 0 aliphatic carbocycles. The molecule has 9 heteroatoms. The second-order valence-electron chi connectivity index (χ2n) is 5.99. The van der Waals surface area contributed by atoms with Crippen molar-refractivity contribution in [2.24, 2.45) is 0 Å². The van der Waals surface area contributed by atoms with Crippen LogP contribution in [0, 0.1) is 0 Å². The van der Waals surface area contributed by atoms with Gasteiger partial charge in [0.15, 0.2) is 9.84 Å². The van der Waals surface area contributed by atoms with Gasteiger partial charge in [-0.1, -0.05) is 0 Å². The normalized spacial score (nSPS) is 10.9. The van der Waals surface area contributed by atoms with Crippen LogP contribution in [0.4, 0.5) is 5.69 Å². The molecule has 0 bridgehead atoms. The Bertz CT molecular complexity index is 991. The number of ether oxygens (including phenoxy) is 2. The Morgan fingerprint density at radius 3 is 1.72 bits per heavy atom. The van der Waals surface area contributed by atoms with Crippen LogP contribution in [0.5, 0.6) is 0 Å². The highest BCUT2D eigenvalue weighted by molar-refractivity contribution is 7.90. The lowest BCUT2D eigenvalue weighted by atomic mass is 10.1. The standard InChI is InChI=1S/C20H21NO7S/c1-4-27-19(23)14-10-15(20(24)28-5-2)12-16(11-14)21-18(22)13-6-8-17(9-7-13)29(3,25)26/h6-12H,4-5H2,1-3H3,(H,21,22). The Hall–Kier alpha value is -3.20. The molecule has 154 valence electrons. The molecule has 1 amide bonds. The van der Waals surface area contributed by atoms with Gasteiger partial charge in [-0.2, -0.15) is 0 Å². The van der Waals surface area contributed by atoms with Crippen molar-refractivity contribution in [2.45, 2.75) is 18.7 Å². The Kier molecular flexibility index (Phi) is 7.11. The van der Waals surface area contributed by atoms with E-state index in [2.05, 4.69) is 5.32 Å². The zero-order valence-electron chi connectivity index (χ0n) is 16.2. The molecule has 0 saturated carbocycles. The van der Waals surface area contributed by atoms with Crippen molar-refractivity contribution in [2.75, 3.05) is 24.8 Å². The highest BCUT2D eigenvalue weighted by atomic mass is 32.2. The van der Waals surface area contributed by atoms with Gasteiger partial charge in [0.1, 0.15) is 0 Å². The summed E-state index contributed by atoms with van der Waals surface area (Å²) < 4.78 is 33.0. The maximum atomic E-state index is 12.5. The van der Waals surface area contributed by atoms with Gasteiger partial charge < -0.3 is 14.8 Å². The molecular formula is C20H21NO7S. The Morgan fingerprint density at radius 1 is 0.828 bits per heavy atom. The fourth-order valence-corrected chi connectivity index (χ4v) is 3.05. The molecule has 0 radical (unpaired) electrons. The number of benzene rings is 2. The zero-order chi connectivity index (χ0) is 21.6. The molecular weight excluding hydrogens is 398 g/mol. The molecule has 2 aromatic carbocycles. The predicted octanol–water partition coefficient (Wildman–Crippen LogP) is 2.70. The van der Waals surface area contributed by atoms with E-state index in [4.69, 9.17) is 9.47 Å². The average Bonchev–Trinajstić information content (AvgIpc) is 2.67. The number of hydrogen-bond donors (Lipinski definition) is 1. The van der Waals surface area contributed by atoms with Crippen LogP contribution < -0.4 is 5.32 Å². The zero-order valence-corrected chi connectivity index (χ0v) is 17.0. The van der Waals surface area contributed by atoms with Crippen LogP contribution in [-0.4, -0.2) is 45.7 Å². The van der Waals surface area contributed by atoms with Gasteiger partial charge in [0.2, 0.25) is 0 Å². The van der Waals surface area contributed by atoms with Gasteiger partial charge in [-0.3, -0.25) is 4.79 Å². The largest absolute Gasteiger partial charge is 0.462 e. The van der Waals surface area contributed by atoms with Gasteiger partial charge in [-0.25, -0.2) is 18.0 Å². The van der Waals surface area contributed by atoms with Gasteiger partial charge in [-0.15, -0.1) is 0 Å². The fourth-order valence-electron chi connectivity index (χ4n) is 2.42. The summed E-state index contributed by atoms with van der Waals surface area (Å²) in [6.45, 7) is 3.60. The fraction of sp³-hybridized carbons (Fsp3) is 0.250. The number of sulfone groups is 1. The van der Waals surface area contributed by atoms with Crippen molar-refractivity contribution in [3.05, 3.63) is 59.2 Å². The lowest BCUT2D eigenvalue weighted by Crippen LogP contribution is -2.15. The van der Waals surface area contributed by atoms with Gasteiger partial charge in [-0.05, 0) is 56.3 Å². The number of carbonyl (C=O) groups is 3. The van der Waals surface area contributed by atoms with Crippen LogP contribution in [0.3, 0.4) is 0 Å². The second-order valence-corrected chi connectivity index (χ2v) is 8.01. The summed E-state index contributed by atoms with van der Waals surface area (Å²) in [6.07, 6.45) is 1.07. The van der Waals surface area contributed by atoms with Crippen molar-refractivity contribution in [1.82, 2.24) is 0 Å². The van der Waals surface area contributed by atoms with Crippen molar-refractivity contribution in [1.29, 1.82) is 0 Å². The van der Waals surface area contributed by atoms with Crippen molar-refractivity contribution >= 4 is 33.4 Å². The minimum absolute atomic E-state index is 0.0835. The van der Waals surface area contributed by atoms with E-state index in [1.807, 2.05) is 0 Å². The first kappa shape index (κ1) is 22.1. The first-order chi connectivity index (χ1) is 13.7. The number of rotatable bonds is 7. The Morgan fingerprint density at radius 2 is 1.31 bits per heavy atom. The van der Waals surface area contributed by atoms with Crippen LogP contribution >= 0.6 is 0 Å². The van der Waals surface area contributed by atoms with E-state index < -0.39 is 27.7 Å². The minimum atomic E-state index is -3.38. The molecule has 0 atom stereocenters. The molecule has 0 fully saturated rings. The van der Waals surface area contributed by atoms with E-state index in [9.17, 15) is 22.8 Å². The molecule has 0 aliphatic rings. The summed E-state index contributed by atoms with van der Waals surface area (Å²) >= 11 is 0. The van der Waals surface area contributed by atoms with Gasteiger partial charge >= 0.3 is 11.9 Å². The monoisotopic (exact) mass is 419 g/mol. The first-order valence-electron chi connectivity index (χ1n) is 8.76. The molecule has 0 aromatic heterocycles. The quantitative estimate of drug-likeness (QED) is 0.686. The summed E-state index contributed by atoms with van der Waals surface area (Å²) in [6, 6.07) is 9.46. The molecule has 0 heterocycles. The maximum absolute atomic E-state index is 12.5.